The highest BCUT2D eigenvalue weighted by Crippen LogP contribution is 2.03. The van der Waals surface area contributed by atoms with Gasteiger partial charge in [-0.05, 0) is 12.1 Å². The molecular weight excluding hydrogens is 183 g/mol. The lowest BCUT2D eigenvalue weighted by molar-refractivity contribution is -0.193. The van der Waals surface area contributed by atoms with Gasteiger partial charge in [0.05, 0.1) is 8.60 Å². The van der Waals surface area contributed by atoms with Crippen molar-refractivity contribution in [3.8, 4) is 0 Å². The smallest absolute Gasteiger partial charge is 0.0755 e. The Balaban J connectivity index is 0.000000218. The number of hydrogen-bond acceptors (Lipinski definition) is 4. The minimum atomic E-state index is -2.87. The van der Waals surface area contributed by atoms with E-state index in [1.165, 1.54) is 0 Å². The van der Waals surface area contributed by atoms with Gasteiger partial charge in [0.15, 0.2) is 0 Å². The summed E-state index contributed by atoms with van der Waals surface area (Å²) >= 11 is 4.08. The molecule has 62 valence electrons. The number of hydrogen-bond donors (Lipinski definition) is 3. The highest BCUT2D eigenvalue weighted by Gasteiger charge is 1.73. The van der Waals surface area contributed by atoms with Gasteiger partial charge >= 0.3 is 0 Å². The molecular formula is C6H8O3PS-. The quantitative estimate of drug-likeness (QED) is 0.414. The Morgan fingerprint density at radius 3 is 1.73 bits per heavy atom. The first kappa shape index (κ1) is 10.9. The first-order valence-electron chi connectivity index (χ1n) is 2.72. The first-order valence-corrected chi connectivity index (χ1v) is 4.33. The van der Waals surface area contributed by atoms with Gasteiger partial charge in [0.1, 0.15) is 0 Å². The van der Waals surface area contributed by atoms with Gasteiger partial charge in [-0.2, -0.15) is 0 Å². The maximum absolute atomic E-state index is 8.70. The predicted molar refractivity (Wildman–Crippen MR) is 45.1 cm³/mol. The van der Waals surface area contributed by atoms with Crippen molar-refractivity contribution in [1.29, 1.82) is 0 Å². The average Bonchev–Trinajstić information content (AvgIpc) is 1.87. The Bertz CT molecular complexity index is 178. The van der Waals surface area contributed by atoms with Crippen molar-refractivity contribution < 1.29 is 14.7 Å². The fourth-order valence-corrected chi connectivity index (χ4v) is 0.600. The van der Waals surface area contributed by atoms with Crippen molar-refractivity contribution >= 4 is 21.2 Å². The van der Waals surface area contributed by atoms with Crippen molar-refractivity contribution in [2.75, 3.05) is 0 Å². The Labute approximate surface area is 71.7 Å². The average molecular weight is 191 g/mol. The third-order valence-electron chi connectivity index (χ3n) is 0.756. The van der Waals surface area contributed by atoms with Crippen molar-refractivity contribution in [3.05, 3.63) is 30.3 Å². The van der Waals surface area contributed by atoms with Gasteiger partial charge in [-0.3, -0.25) is 0 Å². The van der Waals surface area contributed by atoms with Crippen molar-refractivity contribution in [1.82, 2.24) is 0 Å². The van der Waals surface area contributed by atoms with Crippen LogP contribution in [0.25, 0.3) is 0 Å². The van der Waals surface area contributed by atoms with Gasteiger partial charge in [0.25, 0.3) is 0 Å². The molecule has 0 fully saturated rings. The maximum Gasteiger partial charge on any atom is 0.0755 e. The summed E-state index contributed by atoms with van der Waals surface area (Å²) in [6.45, 7) is 0. The van der Waals surface area contributed by atoms with Crippen LogP contribution in [0.15, 0.2) is 35.2 Å². The number of benzene rings is 1. The molecule has 11 heavy (non-hydrogen) atoms. The second kappa shape index (κ2) is 6.58. The molecule has 1 rings (SSSR count). The van der Waals surface area contributed by atoms with Crippen molar-refractivity contribution in [3.63, 3.8) is 0 Å². The van der Waals surface area contributed by atoms with E-state index in [9.17, 15) is 0 Å². The van der Waals surface area contributed by atoms with E-state index in [1.54, 1.807) is 0 Å². The minimum Gasteiger partial charge on any atom is -0.786 e. The van der Waals surface area contributed by atoms with Gasteiger partial charge < -0.3 is 14.7 Å². The summed E-state index contributed by atoms with van der Waals surface area (Å²) in [6.07, 6.45) is 0. The molecule has 0 radical (unpaired) electrons. The zero-order valence-corrected chi connectivity index (χ0v) is 7.37. The van der Waals surface area contributed by atoms with E-state index >= 15 is 0 Å². The summed E-state index contributed by atoms with van der Waals surface area (Å²) in [5.41, 5.74) is 0. The standard InChI is InChI=1S/C6H6S.H2O3P/c7-6-4-2-1-3-5-6;1-4(2)3/h1-5,7H;1-2H/q;-1. The summed E-state index contributed by atoms with van der Waals surface area (Å²) in [5.74, 6) is 0. The summed E-state index contributed by atoms with van der Waals surface area (Å²) in [6, 6.07) is 9.79. The molecule has 3 nitrogen and oxygen atoms in total. The third kappa shape index (κ3) is 9.88. The van der Waals surface area contributed by atoms with Crippen LogP contribution in [0, 0.1) is 0 Å². The van der Waals surface area contributed by atoms with Gasteiger partial charge in [0, 0.05) is 4.90 Å². The molecule has 0 bridgehead atoms. The largest absolute Gasteiger partial charge is 0.786 e. The Morgan fingerprint density at radius 2 is 1.55 bits per heavy atom. The molecule has 2 N–H and O–H groups in total. The molecule has 1 aromatic carbocycles. The van der Waals surface area contributed by atoms with E-state index in [1.807, 2.05) is 30.3 Å². The van der Waals surface area contributed by atoms with Crippen LogP contribution >= 0.6 is 21.2 Å². The lowest BCUT2D eigenvalue weighted by Crippen LogP contribution is -1.87. The molecule has 0 saturated carbocycles. The van der Waals surface area contributed by atoms with Gasteiger partial charge in [-0.1, -0.05) is 18.2 Å². The highest BCUT2D eigenvalue weighted by atomic mass is 32.1. The van der Waals surface area contributed by atoms with E-state index in [0.717, 1.165) is 4.90 Å². The van der Waals surface area contributed by atoms with E-state index < -0.39 is 8.60 Å². The maximum atomic E-state index is 8.70. The van der Waals surface area contributed by atoms with Crippen LogP contribution in [0.1, 0.15) is 0 Å². The van der Waals surface area contributed by atoms with Crippen LogP contribution in [-0.2, 0) is 0 Å². The van der Waals surface area contributed by atoms with Gasteiger partial charge in [0.2, 0.25) is 0 Å². The topological polar surface area (TPSA) is 63.5 Å². The number of thiol groups is 1. The number of rotatable bonds is 0. The van der Waals surface area contributed by atoms with Gasteiger partial charge in [-0.15, -0.1) is 12.6 Å². The van der Waals surface area contributed by atoms with Crippen LogP contribution in [0.4, 0.5) is 0 Å². The SMILES string of the molecule is Sc1ccccc1.[O-]P(O)O. The summed E-state index contributed by atoms with van der Waals surface area (Å²) in [7, 11) is -2.87. The zero-order valence-electron chi connectivity index (χ0n) is 5.58. The predicted octanol–water partition coefficient (Wildman–Crippen LogP) is 0.533. The Kier molecular flexibility index (Phi) is 6.51. The molecule has 0 aliphatic heterocycles. The second-order valence-electron chi connectivity index (χ2n) is 1.59. The van der Waals surface area contributed by atoms with Crippen molar-refractivity contribution in [2.45, 2.75) is 4.90 Å². The molecule has 5 heteroatoms. The Hall–Kier alpha value is -0.120. The fraction of sp³-hybridized carbons (Fsp3) is 0. The summed E-state index contributed by atoms with van der Waals surface area (Å²) in [4.78, 5) is 24.0. The molecule has 1 aromatic rings. The van der Waals surface area contributed by atoms with Crippen LogP contribution < -0.4 is 4.89 Å². The highest BCUT2D eigenvalue weighted by molar-refractivity contribution is 7.80. The van der Waals surface area contributed by atoms with Crippen LogP contribution in [0.5, 0.6) is 0 Å². The lowest BCUT2D eigenvalue weighted by Gasteiger charge is -1.99. The summed E-state index contributed by atoms with van der Waals surface area (Å²) in [5, 5.41) is 0. The molecule has 0 heterocycles. The fourth-order valence-electron chi connectivity index (χ4n) is 0.428. The van der Waals surface area contributed by atoms with E-state index in [-0.39, 0.29) is 0 Å². The molecule has 0 aliphatic carbocycles. The van der Waals surface area contributed by atoms with Crippen LogP contribution in [-0.4, -0.2) is 9.79 Å². The molecule has 0 aliphatic rings. The summed E-state index contributed by atoms with van der Waals surface area (Å²) < 4.78 is 0. The molecule has 0 saturated heterocycles. The monoisotopic (exact) mass is 191 g/mol. The van der Waals surface area contributed by atoms with E-state index in [4.69, 9.17) is 14.7 Å². The van der Waals surface area contributed by atoms with E-state index in [2.05, 4.69) is 12.6 Å². The van der Waals surface area contributed by atoms with E-state index in [0.29, 0.717) is 0 Å². The third-order valence-corrected chi connectivity index (χ3v) is 1.05. The molecule has 0 atom stereocenters. The normalized spacial score (nSPS) is 8.82. The van der Waals surface area contributed by atoms with Crippen molar-refractivity contribution in [2.24, 2.45) is 0 Å². The second-order valence-corrected chi connectivity index (χ2v) is 2.61. The van der Waals surface area contributed by atoms with Crippen LogP contribution in [0.3, 0.4) is 0 Å². The molecule has 0 aromatic heterocycles. The van der Waals surface area contributed by atoms with Gasteiger partial charge in [-0.25, -0.2) is 0 Å². The first-order chi connectivity index (χ1) is 5.13. The lowest BCUT2D eigenvalue weighted by atomic mass is 10.4. The van der Waals surface area contributed by atoms with Crippen LogP contribution in [0.2, 0.25) is 0 Å². The zero-order chi connectivity index (χ0) is 8.69. The minimum absolute atomic E-state index is 1.02. The molecule has 0 unspecified atom stereocenters. The molecule has 0 spiro atoms. The Morgan fingerprint density at radius 1 is 1.18 bits per heavy atom. The molecule has 0 amide bonds.